The van der Waals surface area contributed by atoms with Crippen molar-refractivity contribution in [1.82, 2.24) is 19.4 Å². The maximum Gasteiger partial charge on any atom is 0.325 e. The number of rotatable bonds is 4. The van der Waals surface area contributed by atoms with Crippen molar-refractivity contribution in [3.8, 4) is 0 Å². The van der Waals surface area contributed by atoms with Gasteiger partial charge < -0.3 is 10.2 Å². The lowest BCUT2D eigenvalue weighted by molar-refractivity contribution is -0.141. The molecule has 1 N–H and O–H groups in total. The van der Waals surface area contributed by atoms with Crippen molar-refractivity contribution >= 4 is 27.9 Å². The topological polar surface area (TPSA) is 107 Å². The van der Waals surface area contributed by atoms with Gasteiger partial charge in [-0.3, -0.25) is 14.5 Å². The van der Waals surface area contributed by atoms with Crippen LogP contribution < -0.4 is 5.32 Å². The Morgan fingerprint density at radius 1 is 1.06 bits per heavy atom. The number of hydrogen-bond donors (Lipinski definition) is 1. The van der Waals surface area contributed by atoms with Gasteiger partial charge in [0.2, 0.25) is 15.9 Å². The standard InChI is InChI=1S/C24H32N4O5S/c1-17-5-2-3-10-24(17)22(30)28(23(31)25-24)16-21(29)26-11-13-27(14-12-26)34(32,33)20-9-8-18-6-4-7-19(18)15-20/h8-9,15,17H,2-7,10-14,16H2,1H3,(H,25,31)/t17-,24+/m1/s1. The number of piperazine rings is 1. The van der Waals surface area contributed by atoms with Crippen LogP contribution in [0.25, 0.3) is 0 Å². The number of carbonyl (C=O) groups excluding carboxylic acids is 3. The summed E-state index contributed by atoms with van der Waals surface area (Å²) in [7, 11) is -3.63. The van der Waals surface area contributed by atoms with Gasteiger partial charge in [-0.05, 0) is 61.3 Å². The third-order valence-electron chi connectivity index (χ3n) is 8.09. The fourth-order valence-corrected chi connectivity index (χ4v) is 7.38. The number of fused-ring (bicyclic) bond motifs is 1. The zero-order chi connectivity index (χ0) is 24.1. The van der Waals surface area contributed by atoms with Crippen molar-refractivity contribution in [2.45, 2.75) is 62.3 Å². The van der Waals surface area contributed by atoms with E-state index in [0.29, 0.717) is 11.3 Å². The first-order valence-corrected chi connectivity index (χ1v) is 13.7. The Hall–Kier alpha value is -2.46. The van der Waals surface area contributed by atoms with E-state index in [2.05, 4.69) is 5.32 Å². The van der Waals surface area contributed by atoms with Gasteiger partial charge in [-0.15, -0.1) is 0 Å². The van der Waals surface area contributed by atoms with Gasteiger partial charge >= 0.3 is 6.03 Å². The van der Waals surface area contributed by atoms with Gasteiger partial charge in [0.15, 0.2) is 0 Å². The summed E-state index contributed by atoms with van der Waals surface area (Å²) in [6, 6.07) is 4.86. The third kappa shape index (κ3) is 3.80. The molecule has 3 fully saturated rings. The quantitative estimate of drug-likeness (QED) is 0.647. The summed E-state index contributed by atoms with van der Waals surface area (Å²) in [6.45, 7) is 2.50. The molecule has 2 atom stereocenters. The van der Waals surface area contributed by atoms with Crippen LogP contribution in [-0.2, 0) is 32.5 Å². The van der Waals surface area contributed by atoms with Crippen LogP contribution in [0.1, 0.15) is 50.2 Å². The lowest BCUT2D eigenvalue weighted by Gasteiger charge is -2.37. The summed E-state index contributed by atoms with van der Waals surface area (Å²) in [5, 5.41) is 2.87. The van der Waals surface area contributed by atoms with Gasteiger partial charge in [0.25, 0.3) is 5.91 Å². The van der Waals surface area contributed by atoms with Gasteiger partial charge in [0.05, 0.1) is 4.90 Å². The third-order valence-corrected chi connectivity index (χ3v) is 9.99. The summed E-state index contributed by atoms with van der Waals surface area (Å²) in [6.07, 6.45) is 6.33. The summed E-state index contributed by atoms with van der Waals surface area (Å²) in [5.74, 6) is -0.611. The average Bonchev–Trinajstić information content (AvgIpc) is 3.39. The molecule has 0 unspecified atom stereocenters. The average molecular weight is 489 g/mol. The molecule has 2 aliphatic heterocycles. The van der Waals surface area contributed by atoms with Crippen molar-refractivity contribution < 1.29 is 22.8 Å². The molecular weight excluding hydrogens is 456 g/mol. The molecule has 184 valence electrons. The minimum absolute atomic E-state index is 0.0331. The number of imide groups is 1. The molecule has 0 bridgehead atoms. The summed E-state index contributed by atoms with van der Waals surface area (Å²) >= 11 is 0. The highest BCUT2D eigenvalue weighted by Gasteiger charge is 2.55. The van der Waals surface area contributed by atoms with Crippen LogP contribution in [-0.4, -0.2) is 78.6 Å². The Labute approximate surface area is 200 Å². The van der Waals surface area contributed by atoms with E-state index in [4.69, 9.17) is 0 Å². The molecule has 2 saturated heterocycles. The van der Waals surface area contributed by atoms with Gasteiger partial charge in [-0.2, -0.15) is 4.31 Å². The maximum atomic E-state index is 13.1. The summed E-state index contributed by atoms with van der Waals surface area (Å²) in [4.78, 5) is 41.5. The van der Waals surface area contributed by atoms with E-state index in [-0.39, 0.29) is 50.5 Å². The Kier molecular flexibility index (Phi) is 5.92. The lowest BCUT2D eigenvalue weighted by Crippen LogP contribution is -2.55. The molecule has 1 spiro atoms. The second-order valence-electron chi connectivity index (χ2n) is 10.0. The molecule has 9 nitrogen and oxygen atoms in total. The van der Waals surface area contributed by atoms with Gasteiger partial charge in [0, 0.05) is 26.2 Å². The number of nitrogens with zero attached hydrogens (tertiary/aromatic N) is 3. The normalized spacial score (nSPS) is 27.9. The molecule has 34 heavy (non-hydrogen) atoms. The Bertz CT molecular complexity index is 1130. The van der Waals surface area contributed by atoms with Crippen LogP contribution in [0, 0.1) is 5.92 Å². The Balaban J connectivity index is 1.21. The number of carbonyl (C=O) groups is 3. The highest BCUT2D eigenvalue weighted by molar-refractivity contribution is 7.89. The van der Waals surface area contributed by atoms with Crippen LogP contribution in [0.15, 0.2) is 23.1 Å². The SMILES string of the molecule is C[C@@H]1CCCC[C@]12NC(=O)N(CC(=O)N1CCN(S(=O)(=O)c3ccc4c(c3)CCC4)CC1)C2=O. The summed E-state index contributed by atoms with van der Waals surface area (Å²) in [5.41, 5.74) is 1.44. The van der Waals surface area contributed by atoms with Crippen LogP contribution in [0.4, 0.5) is 4.79 Å². The molecule has 1 aromatic carbocycles. The number of hydrogen-bond acceptors (Lipinski definition) is 5. The van der Waals surface area contributed by atoms with E-state index in [9.17, 15) is 22.8 Å². The monoisotopic (exact) mass is 488 g/mol. The number of nitrogens with one attached hydrogen (secondary N) is 1. The van der Waals surface area contributed by atoms with E-state index in [1.807, 2.05) is 13.0 Å². The minimum atomic E-state index is -3.63. The molecular formula is C24H32N4O5S. The van der Waals surface area contributed by atoms with Crippen molar-refractivity contribution in [3.05, 3.63) is 29.3 Å². The molecule has 4 aliphatic rings. The zero-order valence-corrected chi connectivity index (χ0v) is 20.4. The van der Waals surface area contributed by atoms with Gasteiger partial charge in [-0.25, -0.2) is 13.2 Å². The molecule has 2 heterocycles. The predicted molar refractivity (Wildman–Crippen MR) is 124 cm³/mol. The second kappa shape index (κ2) is 8.64. The minimum Gasteiger partial charge on any atom is -0.338 e. The van der Waals surface area contributed by atoms with Crippen molar-refractivity contribution in [2.75, 3.05) is 32.7 Å². The van der Waals surface area contributed by atoms with E-state index in [1.165, 1.54) is 9.87 Å². The second-order valence-corrected chi connectivity index (χ2v) is 11.9. The fourth-order valence-electron chi connectivity index (χ4n) is 5.91. The molecule has 1 aromatic rings. The van der Waals surface area contributed by atoms with E-state index >= 15 is 0 Å². The van der Waals surface area contributed by atoms with Crippen molar-refractivity contribution in [2.24, 2.45) is 5.92 Å². The number of aryl methyl sites for hydroxylation is 2. The zero-order valence-electron chi connectivity index (χ0n) is 19.6. The fraction of sp³-hybridized carbons (Fsp3) is 0.625. The first-order valence-electron chi connectivity index (χ1n) is 12.3. The van der Waals surface area contributed by atoms with E-state index in [1.54, 1.807) is 17.0 Å². The number of benzene rings is 1. The van der Waals surface area contributed by atoms with Crippen LogP contribution in [0.5, 0.6) is 0 Å². The molecule has 4 amide bonds. The van der Waals surface area contributed by atoms with Crippen LogP contribution in [0.2, 0.25) is 0 Å². The lowest BCUT2D eigenvalue weighted by atomic mass is 9.73. The van der Waals surface area contributed by atoms with E-state index < -0.39 is 21.6 Å². The predicted octanol–water partition coefficient (Wildman–Crippen LogP) is 1.51. The highest BCUT2D eigenvalue weighted by Crippen LogP contribution is 2.38. The van der Waals surface area contributed by atoms with Crippen LogP contribution in [0.3, 0.4) is 0 Å². The molecule has 0 radical (unpaired) electrons. The number of urea groups is 1. The van der Waals surface area contributed by atoms with Gasteiger partial charge in [-0.1, -0.05) is 25.8 Å². The van der Waals surface area contributed by atoms with E-state index in [0.717, 1.165) is 49.0 Å². The summed E-state index contributed by atoms with van der Waals surface area (Å²) < 4.78 is 27.7. The van der Waals surface area contributed by atoms with Crippen molar-refractivity contribution in [3.63, 3.8) is 0 Å². The number of amides is 4. The maximum absolute atomic E-state index is 13.1. The van der Waals surface area contributed by atoms with Gasteiger partial charge in [0.1, 0.15) is 12.1 Å². The first kappa shape index (κ1) is 23.3. The number of sulfonamides is 1. The largest absolute Gasteiger partial charge is 0.338 e. The first-order chi connectivity index (χ1) is 16.2. The highest BCUT2D eigenvalue weighted by atomic mass is 32.2. The molecule has 0 aromatic heterocycles. The molecule has 2 aliphatic carbocycles. The molecule has 1 saturated carbocycles. The Morgan fingerprint density at radius 2 is 1.79 bits per heavy atom. The van der Waals surface area contributed by atoms with Crippen molar-refractivity contribution in [1.29, 1.82) is 0 Å². The smallest absolute Gasteiger partial charge is 0.325 e. The Morgan fingerprint density at radius 3 is 2.53 bits per heavy atom. The van der Waals surface area contributed by atoms with Crippen LogP contribution >= 0.6 is 0 Å². The molecule has 10 heteroatoms. The molecule has 5 rings (SSSR count).